The minimum absolute atomic E-state index is 0.225. The Morgan fingerprint density at radius 3 is 2.57 bits per heavy atom. The molecule has 10 heteroatoms. The fourth-order valence-corrected chi connectivity index (χ4v) is 3.29. The smallest absolute Gasteiger partial charge is 0.258 e. The highest BCUT2D eigenvalue weighted by atomic mass is 32.2. The van der Waals surface area contributed by atoms with Gasteiger partial charge in [-0.3, -0.25) is 14.8 Å². The number of anilines is 2. The van der Waals surface area contributed by atoms with Crippen molar-refractivity contribution in [1.29, 1.82) is 0 Å². The lowest BCUT2D eigenvalue weighted by atomic mass is 10.2. The topological polar surface area (TPSA) is 105 Å². The van der Waals surface area contributed by atoms with Crippen molar-refractivity contribution in [2.75, 3.05) is 16.3 Å². The molecule has 0 bridgehead atoms. The second-order valence-corrected chi connectivity index (χ2v) is 7.50. The second-order valence-electron chi connectivity index (χ2n) is 4.91. The van der Waals surface area contributed by atoms with Gasteiger partial charge in [0.15, 0.2) is 0 Å². The first-order valence-electron chi connectivity index (χ1n) is 6.52. The van der Waals surface area contributed by atoms with E-state index in [0.717, 1.165) is 11.9 Å². The molecular weight excluding hydrogens is 338 g/mol. The molecule has 8 nitrogen and oxygen atoms in total. The van der Waals surface area contributed by atoms with Crippen LogP contribution in [0.25, 0.3) is 4.96 Å². The highest BCUT2D eigenvalue weighted by Gasteiger charge is 2.12. The number of carbonyl (C=O) groups excluding carboxylic acids is 1. The summed E-state index contributed by atoms with van der Waals surface area (Å²) in [5.74, 6) is -0.143. The summed E-state index contributed by atoms with van der Waals surface area (Å²) in [6, 6.07) is 6.07. The van der Waals surface area contributed by atoms with Crippen molar-refractivity contribution in [2.45, 2.75) is 6.92 Å². The summed E-state index contributed by atoms with van der Waals surface area (Å²) in [4.78, 5) is 17.1. The minimum Gasteiger partial charge on any atom is -0.289 e. The van der Waals surface area contributed by atoms with Crippen molar-refractivity contribution < 1.29 is 13.2 Å². The predicted octanol–water partition coefficient (Wildman–Crippen LogP) is 1.72. The molecule has 1 amide bonds. The molecule has 3 aromatic rings. The first-order valence-corrected chi connectivity index (χ1v) is 9.29. The molecule has 0 radical (unpaired) electrons. The van der Waals surface area contributed by atoms with Crippen molar-refractivity contribution in [1.82, 2.24) is 14.6 Å². The number of aromatic nitrogens is 3. The summed E-state index contributed by atoms with van der Waals surface area (Å²) in [6.45, 7) is 1.90. The molecular formula is C13H13N5O3S2. The summed E-state index contributed by atoms with van der Waals surface area (Å²) in [5, 5.41) is 8.74. The molecule has 0 aliphatic carbocycles. The fraction of sp³-hybridized carbons (Fsp3) is 0.154. The quantitative estimate of drug-likeness (QED) is 0.744. The van der Waals surface area contributed by atoms with Crippen molar-refractivity contribution >= 4 is 43.9 Å². The number of hydrogen-bond acceptors (Lipinski definition) is 6. The van der Waals surface area contributed by atoms with Gasteiger partial charge in [0.1, 0.15) is 0 Å². The van der Waals surface area contributed by atoms with E-state index < -0.39 is 10.0 Å². The first-order chi connectivity index (χ1) is 10.8. The third kappa shape index (κ3) is 3.48. The molecule has 2 heterocycles. The number of nitrogens with zero attached hydrogens (tertiary/aromatic N) is 3. The number of nitrogens with one attached hydrogen (secondary N) is 2. The van der Waals surface area contributed by atoms with Crippen LogP contribution in [0.5, 0.6) is 0 Å². The second kappa shape index (κ2) is 5.63. The summed E-state index contributed by atoms with van der Waals surface area (Å²) >= 11 is 1.44. The molecule has 0 unspecified atom stereocenters. The third-order valence-corrected chi connectivity index (χ3v) is 4.46. The van der Waals surface area contributed by atoms with Gasteiger partial charge in [0.2, 0.25) is 15.0 Å². The maximum absolute atomic E-state index is 12.2. The number of thiazole rings is 1. The molecule has 2 aromatic heterocycles. The van der Waals surface area contributed by atoms with Crippen molar-refractivity contribution in [2.24, 2.45) is 0 Å². The normalized spacial score (nSPS) is 11.6. The van der Waals surface area contributed by atoms with Gasteiger partial charge in [-0.1, -0.05) is 0 Å². The largest absolute Gasteiger partial charge is 0.289 e. The molecule has 0 aliphatic heterocycles. The Morgan fingerprint density at radius 2 is 1.96 bits per heavy atom. The molecule has 1 aromatic carbocycles. The Bertz CT molecular complexity index is 973. The average molecular weight is 351 g/mol. The number of fused-ring (bicyclic) bond motifs is 1. The van der Waals surface area contributed by atoms with Crippen LogP contribution >= 0.6 is 11.3 Å². The Labute approximate surface area is 136 Å². The van der Waals surface area contributed by atoms with Gasteiger partial charge in [-0.25, -0.2) is 12.9 Å². The first kappa shape index (κ1) is 15.4. The number of aryl methyl sites for hydroxylation is 1. The van der Waals surface area contributed by atoms with Gasteiger partial charge < -0.3 is 0 Å². The van der Waals surface area contributed by atoms with E-state index >= 15 is 0 Å². The maximum atomic E-state index is 12.2. The van der Waals surface area contributed by atoms with E-state index in [-0.39, 0.29) is 11.9 Å². The van der Waals surface area contributed by atoms with E-state index in [1.54, 1.807) is 4.52 Å². The summed E-state index contributed by atoms with van der Waals surface area (Å²) in [7, 11) is -3.34. The van der Waals surface area contributed by atoms with E-state index in [9.17, 15) is 13.2 Å². The zero-order valence-corrected chi connectivity index (χ0v) is 13.9. The minimum atomic E-state index is -3.34. The number of rotatable bonds is 4. The molecule has 120 valence electrons. The molecule has 0 fully saturated rings. The van der Waals surface area contributed by atoms with E-state index in [2.05, 4.69) is 20.1 Å². The van der Waals surface area contributed by atoms with Crippen LogP contribution in [-0.4, -0.2) is 35.2 Å². The van der Waals surface area contributed by atoms with Crippen LogP contribution in [0.2, 0.25) is 0 Å². The zero-order chi connectivity index (χ0) is 16.6. The van der Waals surface area contributed by atoms with E-state index in [4.69, 9.17) is 0 Å². The highest BCUT2D eigenvalue weighted by Crippen LogP contribution is 2.16. The molecule has 0 aliphatic rings. The predicted molar refractivity (Wildman–Crippen MR) is 88.5 cm³/mol. The number of amides is 1. The van der Waals surface area contributed by atoms with Crippen LogP contribution in [-0.2, 0) is 10.0 Å². The maximum Gasteiger partial charge on any atom is 0.258 e. The van der Waals surface area contributed by atoms with Gasteiger partial charge >= 0.3 is 0 Å². The lowest BCUT2D eigenvalue weighted by Gasteiger charge is -2.05. The van der Waals surface area contributed by atoms with Crippen LogP contribution in [0.3, 0.4) is 0 Å². The number of sulfonamides is 1. The van der Waals surface area contributed by atoms with Gasteiger partial charge in [-0.2, -0.15) is 4.98 Å². The SMILES string of the molecule is Cc1csc2nc(NC(=O)c3ccc(NS(C)(=O)=O)cc3)nn12. The van der Waals surface area contributed by atoms with Crippen molar-refractivity contribution in [3.05, 3.63) is 40.9 Å². The average Bonchev–Trinajstić information content (AvgIpc) is 3.00. The van der Waals surface area contributed by atoms with E-state index in [1.165, 1.54) is 35.6 Å². The third-order valence-electron chi connectivity index (χ3n) is 2.92. The Morgan fingerprint density at radius 1 is 1.26 bits per heavy atom. The van der Waals surface area contributed by atoms with Gasteiger partial charge in [0, 0.05) is 16.6 Å². The monoisotopic (exact) mass is 351 g/mol. The number of carbonyl (C=O) groups is 1. The van der Waals surface area contributed by atoms with Gasteiger partial charge in [-0.15, -0.1) is 16.4 Å². The van der Waals surface area contributed by atoms with E-state index in [1.807, 2.05) is 12.3 Å². The molecule has 0 saturated carbocycles. The van der Waals surface area contributed by atoms with Gasteiger partial charge in [-0.05, 0) is 31.2 Å². The lowest BCUT2D eigenvalue weighted by Crippen LogP contribution is -2.14. The van der Waals surface area contributed by atoms with Crippen LogP contribution < -0.4 is 10.0 Å². The standard InChI is InChI=1S/C13H13N5O3S2/c1-8-7-22-13-15-12(16-18(8)13)14-11(19)9-3-5-10(6-4-9)17-23(2,20)21/h3-7,17H,1-2H3,(H,14,16,19). The van der Waals surface area contributed by atoms with E-state index in [0.29, 0.717) is 16.2 Å². The van der Waals surface area contributed by atoms with Crippen molar-refractivity contribution in [3.63, 3.8) is 0 Å². The zero-order valence-electron chi connectivity index (χ0n) is 12.3. The highest BCUT2D eigenvalue weighted by molar-refractivity contribution is 7.92. The van der Waals surface area contributed by atoms with Crippen LogP contribution in [0.4, 0.5) is 11.6 Å². The summed E-state index contributed by atoms with van der Waals surface area (Å²) in [5.41, 5.74) is 1.70. The summed E-state index contributed by atoms with van der Waals surface area (Å²) < 4.78 is 26.3. The van der Waals surface area contributed by atoms with Gasteiger partial charge in [0.25, 0.3) is 11.9 Å². The number of hydrogen-bond donors (Lipinski definition) is 2. The molecule has 2 N–H and O–H groups in total. The molecule has 0 saturated heterocycles. The lowest BCUT2D eigenvalue weighted by molar-refractivity contribution is 0.102. The Balaban J connectivity index is 1.74. The van der Waals surface area contributed by atoms with Crippen molar-refractivity contribution in [3.8, 4) is 0 Å². The molecule has 3 rings (SSSR count). The molecule has 23 heavy (non-hydrogen) atoms. The molecule has 0 spiro atoms. The van der Waals surface area contributed by atoms with Crippen LogP contribution in [0.1, 0.15) is 16.1 Å². The molecule has 0 atom stereocenters. The summed E-state index contributed by atoms with van der Waals surface area (Å²) in [6.07, 6.45) is 1.06. The van der Waals surface area contributed by atoms with Crippen LogP contribution in [0.15, 0.2) is 29.6 Å². The fourth-order valence-electron chi connectivity index (χ4n) is 1.92. The van der Waals surface area contributed by atoms with Gasteiger partial charge in [0.05, 0.1) is 11.9 Å². The van der Waals surface area contributed by atoms with Crippen LogP contribution in [0, 0.1) is 6.92 Å². The Kier molecular flexibility index (Phi) is 3.78. The Hall–Kier alpha value is -2.46. The number of benzene rings is 1.